The predicted molar refractivity (Wildman–Crippen MR) is 153 cm³/mol. The number of carbonyl (C=O) groups is 4. The molecule has 1 aromatic carbocycles. The maximum atomic E-state index is 14.0. The molecular formula is C29H43N5O6S. The minimum atomic E-state index is -4.12. The fourth-order valence-corrected chi connectivity index (χ4v) is 6.93. The number of nitrogens with zero attached hydrogens (tertiary/aromatic N) is 1. The molecule has 11 nitrogen and oxygen atoms in total. The Balaban J connectivity index is 1.53. The van der Waals surface area contributed by atoms with Gasteiger partial charge in [0.1, 0.15) is 17.6 Å². The second-order valence-corrected chi connectivity index (χ2v) is 16.0. The van der Waals surface area contributed by atoms with Crippen LogP contribution in [0.4, 0.5) is 4.79 Å². The van der Waals surface area contributed by atoms with E-state index in [4.69, 9.17) is 0 Å². The van der Waals surface area contributed by atoms with Gasteiger partial charge in [-0.25, -0.2) is 17.9 Å². The zero-order chi connectivity index (χ0) is 30.8. The Morgan fingerprint density at radius 2 is 1.56 bits per heavy atom. The normalized spacial score (nSPS) is 24.9. The third kappa shape index (κ3) is 6.22. The number of amides is 5. The molecule has 4 atom stereocenters. The van der Waals surface area contributed by atoms with Crippen molar-refractivity contribution in [1.82, 2.24) is 25.6 Å². The van der Waals surface area contributed by atoms with Gasteiger partial charge in [-0.1, -0.05) is 52.8 Å². The quantitative estimate of drug-likeness (QED) is 0.382. The highest BCUT2D eigenvalue weighted by molar-refractivity contribution is 7.90. The van der Waals surface area contributed by atoms with Crippen LogP contribution in [0.15, 0.2) is 35.2 Å². The van der Waals surface area contributed by atoms with Crippen LogP contribution in [0.2, 0.25) is 0 Å². The third-order valence-corrected chi connectivity index (χ3v) is 9.81. The Bertz CT molecular complexity index is 1340. The highest BCUT2D eigenvalue weighted by atomic mass is 32.2. The van der Waals surface area contributed by atoms with Gasteiger partial charge in [0.15, 0.2) is 0 Å². The molecule has 2 saturated carbocycles. The van der Waals surface area contributed by atoms with E-state index in [0.717, 1.165) is 0 Å². The summed E-state index contributed by atoms with van der Waals surface area (Å²) >= 11 is 0. The minimum Gasteiger partial charge on any atom is -0.340 e. The minimum absolute atomic E-state index is 0.0539. The van der Waals surface area contributed by atoms with Gasteiger partial charge in [0.05, 0.1) is 4.90 Å². The first kappa shape index (κ1) is 30.8. The molecule has 0 aromatic heterocycles. The van der Waals surface area contributed by atoms with Gasteiger partial charge < -0.3 is 20.9 Å². The van der Waals surface area contributed by atoms with E-state index in [9.17, 15) is 27.6 Å². The number of carbonyl (C=O) groups excluding carboxylic acids is 4. The topological polar surface area (TPSA) is 154 Å². The molecule has 4 N–H and O–H groups in total. The van der Waals surface area contributed by atoms with Gasteiger partial charge >= 0.3 is 6.03 Å². The molecule has 0 radical (unpaired) electrons. The lowest BCUT2D eigenvalue weighted by atomic mass is 9.85. The van der Waals surface area contributed by atoms with Crippen molar-refractivity contribution in [3.63, 3.8) is 0 Å². The van der Waals surface area contributed by atoms with Crippen molar-refractivity contribution in [3.05, 3.63) is 30.3 Å². The van der Waals surface area contributed by atoms with E-state index in [1.807, 2.05) is 55.4 Å². The smallest absolute Gasteiger partial charge is 0.315 e. The van der Waals surface area contributed by atoms with Gasteiger partial charge in [0.2, 0.25) is 11.8 Å². The van der Waals surface area contributed by atoms with E-state index in [1.165, 1.54) is 17.0 Å². The number of fused-ring (bicyclic) bond motifs is 1. The predicted octanol–water partition coefficient (Wildman–Crippen LogP) is 2.14. The second-order valence-electron chi connectivity index (χ2n) is 14.4. The molecule has 4 rings (SSSR count). The summed E-state index contributed by atoms with van der Waals surface area (Å²) in [5.74, 6) is -1.69. The van der Waals surface area contributed by atoms with E-state index in [0.29, 0.717) is 6.54 Å². The van der Waals surface area contributed by atoms with E-state index < -0.39 is 56.4 Å². The molecule has 226 valence electrons. The summed E-state index contributed by atoms with van der Waals surface area (Å²) in [6, 6.07) is 5.30. The number of likely N-dealkylation sites (tertiary alicyclic amines) is 1. The molecule has 2 unspecified atom stereocenters. The summed E-state index contributed by atoms with van der Waals surface area (Å²) in [5, 5.41) is 8.44. The summed E-state index contributed by atoms with van der Waals surface area (Å²) in [5.41, 5.74) is -2.70. The molecule has 12 heteroatoms. The van der Waals surface area contributed by atoms with Crippen LogP contribution in [-0.2, 0) is 24.4 Å². The maximum Gasteiger partial charge on any atom is 0.315 e. The number of rotatable bonds is 7. The van der Waals surface area contributed by atoms with E-state index in [2.05, 4.69) is 20.7 Å². The van der Waals surface area contributed by atoms with Crippen molar-refractivity contribution < 1.29 is 27.6 Å². The Kier molecular flexibility index (Phi) is 7.51. The number of hydrogen-bond acceptors (Lipinski definition) is 6. The largest absolute Gasteiger partial charge is 0.340 e. The molecule has 41 heavy (non-hydrogen) atoms. The number of urea groups is 1. The number of sulfonamides is 1. The van der Waals surface area contributed by atoms with Gasteiger partial charge in [0.25, 0.3) is 15.9 Å². The Hall–Kier alpha value is -3.15. The lowest BCUT2D eigenvalue weighted by Crippen LogP contribution is -2.62. The van der Waals surface area contributed by atoms with Crippen molar-refractivity contribution >= 4 is 33.8 Å². The van der Waals surface area contributed by atoms with Crippen molar-refractivity contribution in [2.24, 2.45) is 22.7 Å². The standard InChI is InChI=1S/C29H43N5O6S/c1-26(2,3)21(30-25(38)32-27(4,5)6)23(36)34-16-18-19(28(18,7)8)20(34)22(35)31-29(14-15-29)24(37)33-41(39,40)17-12-10-9-11-13-17/h9-13,18-21H,14-16H2,1-8H3,(H,31,35)(H,33,37)(H2,30,32,38)/t18?,19-,20?,21+/m0/s1. The monoisotopic (exact) mass is 589 g/mol. The van der Waals surface area contributed by atoms with Crippen LogP contribution < -0.4 is 20.7 Å². The fraction of sp³-hybridized carbons (Fsp3) is 0.655. The molecular weight excluding hydrogens is 546 g/mol. The van der Waals surface area contributed by atoms with Crippen LogP contribution in [0.1, 0.15) is 68.2 Å². The number of nitrogens with one attached hydrogen (secondary N) is 4. The molecule has 1 saturated heterocycles. The molecule has 1 aliphatic heterocycles. The summed E-state index contributed by atoms with van der Waals surface area (Å²) < 4.78 is 27.6. The molecule has 5 amide bonds. The van der Waals surface area contributed by atoms with Crippen LogP contribution >= 0.6 is 0 Å². The van der Waals surface area contributed by atoms with Crippen LogP contribution in [0.3, 0.4) is 0 Å². The lowest BCUT2D eigenvalue weighted by molar-refractivity contribution is -0.144. The Labute approximate surface area is 242 Å². The summed E-state index contributed by atoms with van der Waals surface area (Å²) in [6.07, 6.45) is 0.568. The molecule has 3 fully saturated rings. The molecule has 1 heterocycles. The number of piperidine rings is 1. The van der Waals surface area contributed by atoms with Crippen LogP contribution in [-0.4, -0.2) is 66.8 Å². The van der Waals surface area contributed by atoms with E-state index >= 15 is 0 Å². The van der Waals surface area contributed by atoms with Gasteiger partial charge in [-0.05, 0) is 68.4 Å². The van der Waals surface area contributed by atoms with Crippen LogP contribution in [0.25, 0.3) is 0 Å². The highest BCUT2D eigenvalue weighted by Crippen LogP contribution is 2.65. The molecule has 0 bridgehead atoms. The first-order valence-corrected chi connectivity index (χ1v) is 15.5. The van der Waals surface area contributed by atoms with E-state index in [-0.39, 0.29) is 40.9 Å². The molecule has 0 spiro atoms. The fourth-order valence-electron chi connectivity index (χ4n) is 5.86. The van der Waals surface area contributed by atoms with Crippen molar-refractivity contribution in [3.8, 4) is 0 Å². The average Bonchev–Trinajstić information content (AvgIpc) is 3.65. The average molecular weight is 590 g/mol. The Morgan fingerprint density at radius 3 is 2.07 bits per heavy atom. The molecule has 3 aliphatic rings. The summed E-state index contributed by atoms with van der Waals surface area (Å²) in [7, 11) is -4.12. The molecule has 1 aromatic rings. The SMILES string of the molecule is CC(C)(C)NC(=O)N[C@H](C(=O)N1CC2[C@@H](C1C(=O)NC1(C(=O)NS(=O)(=O)c3ccccc3)CC1)C2(C)C)C(C)(C)C. The first-order valence-electron chi connectivity index (χ1n) is 14.0. The van der Waals surface area contributed by atoms with Crippen LogP contribution in [0, 0.1) is 22.7 Å². The lowest BCUT2D eigenvalue weighted by Gasteiger charge is -2.38. The molecule has 2 aliphatic carbocycles. The Morgan fingerprint density at radius 1 is 0.976 bits per heavy atom. The van der Waals surface area contributed by atoms with Gasteiger partial charge in [0, 0.05) is 12.1 Å². The number of benzene rings is 1. The third-order valence-electron chi connectivity index (χ3n) is 8.46. The van der Waals surface area contributed by atoms with Gasteiger partial charge in [-0.15, -0.1) is 0 Å². The van der Waals surface area contributed by atoms with E-state index in [1.54, 1.807) is 18.2 Å². The van der Waals surface area contributed by atoms with Gasteiger partial charge in [-0.3, -0.25) is 14.4 Å². The maximum absolute atomic E-state index is 14.0. The zero-order valence-corrected chi connectivity index (χ0v) is 25.9. The first-order chi connectivity index (χ1) is 18.7. The summed E-state index contributed by atoms with van der Waals surface area (Å²) in [6.45, 7) is 15.5. The van der Waals surface area contributed by atoms with Crippen molar-refractivity contribution in [2.45, 2.75) is 96.3 Å². The van der Waals surface area contributed by atoms with Crippen molar-refractivity contribution in [1.29, 1.82) is 0 Å². The number of hydrogen-bond donors (Lipinski definition) is 4. The highest BCUT2D eigenvalue weighted by Gasteiger charge is 2.70. The second kappa shape index (κ2) is 9.99. The summed E-state index contributed by atoms with van der Waals surface area (Å²) in [4.78, 5) is 55.2. The zero-order valence-electron chi connectivity index (χ0n) is 25.1. The van der Waals surface area contributed by atoms with Crippen LogP contribution in [0.5, 0.6) is 0 Å². The van der Waals surface area contributed by atoms with Crippen molar-refractivity contribution in [2.75, 3.05) is 6.54 Å². The van der Waals surface area contributed by atoms with Gasteiger partial charge in [-0.2, -0.15) is 0 Å².